The van der Waals surface area contributed by atoms with Gasteiger partial charge < -0.3 is 5.11 Å². The molecule has 0 atom stereocenters. The lowest BCUT2D eigenvalue weighted by atomic mass is 10.1. The zero-order valence-corrected chi connectivity index (χ0v) is 12.7. The molecule has 0 aromatic rings. The van der Waals surface area contributed by atoms with Crippen molar-refractivity contribution in [2.45, 2.75) is 32.3 Å². The van der Waals surface area contributed by atoms with Crippen LogP contribution >= 0.6 is 0 Å². The Kier molecular flexibility index (Phi) is 4.52. The van der Waals surface area contributed by atoms with E-state index in [1.54, 1.807) is 22.5 Å². The van der Waals surface area contributed by atoms with Gasteiger partial charge in [0.1, 0.15) is 0 Å². The highest BCUT2D eigenvalue weighted by Gasteiger charge is 2.34. The summed E-state index contributed by atoms with van der Waals surface area (Å²) in [5.41, 5.74) is -0.726. The Morgan fingerprint density at radius 3 is 1.89 bits per heavy atom. The summed E-state index contributed by atoms with van der Waals surface area (Å²) < 4.78 is 27.9. The van der Waals surface area contributed by atoms with Crippen LogP contribution in [-0.2, 0) is 10.2 Å². The van der Waals surface area contributed by atoms with Crippen LogP contribution in [0.1, 0.15) is 26.7 Å². The van der Waals surface area contributed by atoms with Gasteiger partial charge in [-0.25, -0.2) is 0 Å². The van der Waals surface area contributed by atoms with Crippen LogP contribution in [-0.4, -0.2) is 78.4 Å². The van der Waals surface area contributed by atoms with Crippen molar-refractivity contribution in [2.75, 3.05) is 45.8 Å². The Bertz CT molecular complexity index is 391. The number of rotatable bonds is 4. The quantitative estimate of drug-likeness (QED) is 0.773. The Balaban J connectivity index is 1.89. The molecule has 0 bridgehead atoms. The minimum atomic E-state index is -3.25. The molecule has 1 N–H and O–H groups in total. The molecule has 0 amide bonds. The molecule has 112 valence electrons. The molecular formula is C12H25N3O3S. The molecule has 2 rings (SSSR count). The Labute approximate surface area is 116 Å². The van der Waals surface area contributed by atoms with Gasteiger partial charge in [0, 0.05) is 45.8 Å². The van der Waals surface area contributed by atoms with Gasteiger partial charge in [-0.3, -0.25) is 4.90 Å². The second-order valence-electron chi connectivity index (χ2n) is 6.10. The molecule has 0 radical (unpaired) electrons. The van der Waals surface area contributed by atoms with Crippen LogP contribution in [0.15, 0.2) is 0 Å². The third kappa shape index (κ3) is 3.88. The first-order chi connectivity index (χ1) is 8.79. The average molecular weight is 291 g/mol. The van der Waals surface area contributed by atoms with Crippen molar-refractivity contribution < 1.29 is 13.5 Å². The Morgan fingerprint density at radius 2 is 1.42 bits per heavy atom. The van der Waals surface area contributed by atoms with Gasteiger partial charge in [-0.15, -0.1) is 0 Å². The average Bonchev–Trinajstić information content (AvgIpc) is 2.81. The third-order valence-electron chi connectivity index (χ3n) is 3.66. The molecule has 0 saturated carbocycles. The smallest absolute Gasteiger partial charge is 0.282 e. The van der Waals surface area contributed by atoms with Gasteiger partial charge in [0.25, 0.3) is 10.2 Å². The lowest BCUT2D eigenvalue weighted by molar-refractivity contribution is 0.0259. The van der Waals surface area contributed by atoms with Crippen molar-refractivity contribution in [2.24, 2.45) is 0 Å². The third-order valence-corrected chi connectivity index (χ3v) is 5.69. The monoisotopic (exact) mass is 291 g/mol. The number of aliphatic hydroxyl groups is 1. The van der Waals surface area contributed by atoms with E-state index in [0.717, 1.165) is 12.8 Å². The SMILES string of the molecule is CC(C)(O)CN1CCN(S(=O)(=O)N2CCCC2)CC1. The zero-order chi connectivity index (χ0) is 14.1. The van der Waals surface area contributed by atoms with E-state index in [0.29, 0.717) is 45.8 Å². The van der Waals surface area contributed by atoms with Crippen molar-refractivity contribution in [1.82, 2.24) is 13.5 Å². The number of piperazine rings is 1. The Morgan fingerprint density at radius 1 is 0.947 bits per heavy atom. The predicted molar refractivity (Wildman–Crippen MR) is 74.0 cm³/mol. The van der Waals surface area contributed by atoms with Crippen LogP contribution in [0.25, 0.3) is 0 Å². The molecule has 0 aromatic heterocycles. The number of nitrogens with zero attached hydrogens (tertiary/aromatic N) is 3. The number of β-amino-alcohol motifs (C(OH)–C–C–N with tert-alkyl or cyclic N) is 1. The molecule has 2 saturated heterocycles. The number of hydrogen-bond acceptors (Lipinski definition) is 4. The molecule has 2 heterocycles. The van der Waals surface area contributed by atoms with Crippen LogP contribution in [0.4, 0.5) is 0 Å². The highest BCUT2D eigenvalue weighted by Crippen LogP contribution is 2.18. The molecule has 0 aromatic carbocycles. The molecule has 2 fully saturated rings. The van der Waals surface area contributed by atoms with E-state index in [-0.39, 0.29) is 0 Å². The highest BCUT2D eigenvalue weighted by molar-refractivity contribution is 7.86. The molecule has 6 nitrogen and oxygen atoms in total. The summed E-state index contributed by atoms with van der Waals surface area (Å²) in [6, 6.07) is 0. The van der Waals surface area contributed by atoms with Gasteiger partial charge in [0.2, 0.25) is 0 Å². The van der Waals surface area contributed by atoms with Gasteiger partial charge in [0.05, 0.1) is 5.60 Å². The molecule has 0 unspecified atom stereocenters. The van der Waals surface area contributed by atoms with Crippen LogP contribution in [0.3, 0.4) is 0 Å². The normalized spacial score (nSPS) is 25.0. The van der Waals surface area contributed by atoms with Crippen molar-refractivity contribution in [3.8, 4) is 0 Å². The van der Waals surface area contributed by atoms with Gasteiger partial charge in [-0.05, 0) is 26.7 Å². The van der Waals surface area contributed by atoms with Crippen LogP contribution < -0.4 is 0 Å². The van der Waals surface area contributed by atoms with Gasteiger partial charge in [-0.1, -0.05) is 0 Å². The molecule has 7 heteroatoms. The molecule has 2 aliphatic rings. The van der Waals surface area contributed by atoms with Gasteiger partial charge in [-0.2, -0.15) is 17.0 Å². The van der Waals surface area contributed by atoms with Crippen LogP contribution in [0.2, 0.25) is 0 Å². The van der Waals surface area contributed by atoms with Crippen molar-refractivity contribution in [1.29, 1.82) is 0 Å². The topological polar surface area (TPSA) is 64.1 Å². The van der Waals surface area contributed by atoms with Crippen LogP contribution in [0.5, 0.6) is 0 Å². The van der Waals surface area contributed by atoms with Crippen molar-refractivity contribution >= 4 is 10.2 Å². The van der Waals surface area contributed by atoms with E-state index in [1.165, 1.54) is 0 Å². The van der Waals surface area contributed by atoms with E-state index in [9.17, 15) is 13.5 Å². The molecular weight excluding hydrogens is 266 g/mol. The highest BCUT2D eigenvalue weighted by atomic mass is 32.2. The van der Waals surface area contributed by atoms with Crippen LogP contribution in [0, 0.1) is 0 Å². The predicted octanol–water partition coefficient (Wildman–Crippen LogP) is -0.284. The van der Waals surface area contributed by atoms with E-state index < -0.39 is 15.8 Å². The van der Waals surface area contributed by atoms with E-state index in [1.807, 2.05) is 0 Å². The first-order valence-electron chi connectivity index (χ1n) is 6.99. The summed E-state index contributed by atoms with van der Waals surface area (Å²) >= 11 is 0. The van der Waals surface area contributed by atoms with Gasteiger partial charge >= 0.3 is 0 Å². The molecule has 19 heavy (non-hydrogen) atoms. The summed E-state index contributed by atoms with van der Waals surface area (Å²) in [5.74, 6) is 0. The molecule has 0 spiro atoms. The lowest BCUT2D eigenvalue weighted by Gasteiger charge is -2.37. The Hall–Kier alpha value is -0.210. The maximum absolute atomic E-state index is 12.4. The van der Waals surface area contributed by atoms with E-state index in [4.69, 9.17) is 0 Å². The fraction of sp³-hybridized carbons (Fsp3) is 1.00. The van der Waals surface area contributed by atoms with Crippen molar-refractivity contribution in [3.63, 3.8) is 0 Å². The first kappa shape index (κ1) is 15.2. The minimum Gasteiger partial charge on any atom is -0.389 e. The lowest BCUT2D eigenvalue weighted by Crippen LogP contribution is -2.54. The zero-order valence-electron chi connectivity index (χ0n) is 11.9. The summed E-state index contributed by atoms with van der Waals surface area (Å²) in [4.78, 5) is 2.12. The fourth-order valence-corrected chi connectivity index (χ4v) is 4.42. The van der Waals surface area contributed by atoms with Crippen molar-refractivity contribution in [3.05, 3.63) is 0 Å². The standard InChI is InChI=1S/C12H25N3O3S/c1-12(2,16)11-13-7-9-15(10-8-13)19(17,18)14-5-3-4-6-14/h16H,3-11H2,1-2H3. The van der Waals surface area contributed by atoms with Gasteiger partial charge in [0.15, 0.2) is 0 Å². The largest absolute Gasteiger partial charge is 0.389 e. The maximum atomic E-state index is 12.4. The van der Waals surface area contributed by atoms with E-state index in [2.05, 4.69) is 4.90 Å². The first-order valence-corrected chi connectivity index (χ1v) is 8.39. The summed E-state index contributed by atoms with van der Waals surface area (Å²) in [6.07, 6.45) is 1.94. The fourth-order valence-electron chi connectivity index (χ4n) is 2.75. The van der Waals surface area contributed by atoms with E-state index >= 15 is 0 Å². The molecule has 0 aliphatic carbocycles. The number of hydrogen-bond donors (Lipinski definition) is 1. The summed E-state index contributed by atoms with van der Waals surface area (Å²) in [5, 5.41) is 9.79. The molecule has 2 aliphatic heterocycles. The second-order valence-corrected chi connectivity index (χ2v) is 8.03. The second kappa shape index (κ2) is 5.65. The summed E-state index contributed by atoms with van der Waals surface area (Å²) in [6.45, 7) is 7.89. The minimum absolute atomic E-state index is 0.523. The maximum Gasteiger partial charge on any atom is 0.282 e. The summed E-state index contributed by atoms with van der Waals surface area (Å²) in [7, 11) is -3.25.